The Hall–Kier alpha value is -3.34. The van der Waals surface area contributed by atoms with Gasteiger partial charge in [0.05, 0.1) is 18.0 Å². The molecule has 26 heavy (non-hydrogen) atoms. The van der Waals surface area contributed by atoms with Gasteiger partial charge in [-0.1, -0.05) is 42.5 Å². The molecule has 0 saturated carbocycles. The molecular formula is C21H17NO4. The summed E-state index contributed by atoms with van der Waals surface area (Å²) in [5.74, 6) is -0.481. The number of hydrogen-bond donors (Lipinski definition) is 0. The highest BCUT2D eigenvalue weighted by molar-refractivity contribution is 6.14. The van der Waals surface area contributed by atoms with E-state index < -0.39 is 11.6 Å². The maximum Gasteiger partial charge on any atom is 0.355 e. The molecule has 0 fully saturated rings. The summed E-state index contributed by atoms with van der Waals surface area (Å²) in [6.45, 7) is 2.45. The van der Waals surface area contributed by atoms with Crippen molar-refractivity contribution < 1.29 is 13.9 Å². The van der Waals surface area contributed by atoms with Crippen LogP contribution in [0.2, 0.25) is 0 Å². The van der Waals surface area contributed by atoms with Crippen LogP contribution in [0.3, 0.4) is 0 Å². The predicted octanol–water partition coefficient (Wildman–Crippen LogP) is 4.22. The number of rotatable bonds is 3. The second kappa shape index (κ2) is 6.19. The van der Waals surface area contributed by atoms with Crippen LogP contribution >= 0.6 is 0 Å². The molecule has 2 heterocycles. The molecule has 0 N–H and O–H groups in total. The fourth-order valence-corrected chi connectivity index (χ4v) is 3.51. The molecule has 0 bridgehead atoms. The van der Waals surface area contributed by atoms with Crippen molar-refractivity contribution in [2.75, 3.05) is 7.11 Å². The van der Waals surface area contributed by atoms with E-state index in [-0.39, 0.29) is 0 Å². The number of carbonyl (C=O) groups is 1. The second-order valence-electron chi connectivity index (χ2n) is 5.93. The minimum absolute atomic E-state index is 0.361. The summed E-state index contributed by atoms with van der Waals surface area (Å²) >= 11 is 0. The number of aryl methyl sites for hydroxylation is 1. The Morgan fingerprint density at radius 2 is 1.77 bits per heavy atom. The summed E-state index contributed by atoms with van der Waals surface area (Å²) in [7, 11) is 1.34. The number of benzene rings is 2. The first-order valence-corrected chi connectivity index (χ1v) is 8.39. The highest BCUT2D eigenvalue weighted by Gasteiger charge is 2.27. The molecule has 0 atom stereocenters. The lowest BCUT2D eigenvalue weighted by Gasteiger charge is -2.08. The van der Waals surface area contributed by atoms with Crippen molar-refractivity contribution in [3.8, 4) is 11.1 Å². The van der Waals surface area contributed by atoms with Gasteiger partial charge < -0.3 is 13.7 Å². The van der Waals surface area contributed by atoms with Gasteiger partial charge in [0.2, 0.25) is 0 Å². The third kappa shape index (κ3) is 2.24. The smallest absolute Gasteiger partial charge is 0.355 e. The van der Waals surface area contributed by atoms with Crippen LogP contribution in [0.25, 0.3) is 33.0 Å². The minimum atomic E-state index is -0.481. The van der Waals surface area contributed by atoms with E-state index in [9.17, 15) is 9.59 Å². The Bertz CT molecular complexity index is 1190. The first-order valence-electron chi connectivity index (χ1n) is 8.39. The minimum Gasteiger partial charge on any atom is -0.464 e. The number of ether oxygens (including phenoxy) is 1. The molecule has 4 aromatic rings. The number of methoxy groups -OCH3 is 1. The molecule has 0 aliphatic heterocycles. The highest BCUT2D eigenvalue weighted by atomic mass is 16.5. The molecule has 2 aromatic carbocycles. The molecule has 0 radical (unpaired) electrons. The molecule has 0 saturated heterocycles. The van der Waals surface area contributed by atoms with Crippen LogP contribution in [-0.2, 0) is 11.3 Å². The van der Waals surface area contributed by atoms with Crippen molar-refractivity contribution in [3.63, 3.8) is 0 Å². The number of hydrogen-bond acceptors (Lipinski definition) is 4. The summed E-state index contributed by atoms with van der Waals surface area (Å²) < 4.78 is 12.4. The van der Waals surface area contributed by atoms with Gasteiger partial charge >= 0.3 is 11.6 Å². The average Bonchev–Trinajstić information content (AvgIpc) is 3.04. The fraction of sp³-hybridized carbons (Fsp3) is 0.143. The Morgan fingerprint density at radius 3 is 2.46 bits per heavy atom. The van der Waals surface area contributed by atoms with E-state index in [4.69, 9.17) is 9.15 Å². The lowest BCUT2D eigenvalue weighted by atomic mass is 10.0. The molecule has 0 amide bonds. The Kier molecular flexibility index (Phi) is 3.84. The SMILES string of the molecule is CCn1c(C(=O)OC)c(-c2ccccc2)c2c(=O)oc3ccccc3c21. The molecule has 130 valence electrons. The average molecular weight is 347 g/mol. The largest absolute Gasteiger partial charge is 0.464 e. The van der Waals surface area contributed by atoms with E-state index in [0.29, 0.717) is 34.3 Å². The number of para-hydroxylation sites is 1. The van der Waals surface area contributed by atoms with Crippen LogP contribution in [0.15, 0.2) is 63.8 Å². The molecular weight excluding hydrogens is 330 g/mol. The molecule has 0 spiro atoms. The summed E-state index contributed by atoms with van der Waals surface area (Å²) in [4.78, 5) is 25.5. The van der Waals surface area contributed by atoms with Crippen molar-refractivity contribution in [1.82, 2.24) is 4.57 Å². The summed E-state index contributed by atoms with van der Waals surface area (Å²) in [5.41, 5.74) is 2.41. The lowest BCUT2D eigenvalue weighted by molar-refractivity contribution is 0.0590. The van der Waals surface area contributed by atoms with E-state index >= 15 is 0 Å². The van der Waals surface area contributed by atoms with Gasteiger partial charge in [0.25, 0.3) is 0 Å². The monoisotopic (exact) mass is 347 g/mol. The number of esters is 1. The number of aromatic nitrogens is 1. The van der Waals surface area contributed by atoms with E-state index in [1.807, 2.05) is 60.0 Å². The lowest BCUT2D eigenvalue weighted by Crippen LogP contribution is -2.11. The van der Waals surface area contributed by atoms with Crippen LogP contribution < -0.4 is 5.63 Å². The van der Waals surface area contributed by atoms with Gasteiger partial charge in [-0.15, -0.1) is 0 Å². The van der Waals surface area contributed by atoms with Crippen molar-refractivity contribution in [1.29, 1.82) is 0 Å². The summed E-state index contributed by atoms with van der Waals surface area (Å²) in [6.07, 6.45) is 0. The van der Waals surface area contributed by atoms with Gasteiger partial charge in [0, 0.05) is 17.5 Å². The molecule has 5 heteroatoms. The van der Waals surface area contributed by atoms with Crippen LogP contribution in [0.4, 0.5) is 0 Å². The molecule has 0 aliphatic carbocycles. The summed E-state index contributed by atoms with van der Waals surface area (Å²) in [5, 5.41) is 1.19. The van der Waals surface area contributed by atoms with Gasteiger partial charge in [-0.2, -0.15) is 0 Å². The van der Waals surface area contributed by atoms with Crippen molar-refractivity contribution in [3.05, 3.63) is 70.7 Å². The van der Waals surface area contributed by atoms with E-state index in [0.717, 1.165) is 10.9 Å². The normalized spacial score (nSPS) is 11.2. The van der Waals surface area contributed by atoms with E-state index in [2.05, 4.69) is 0 Å². The van der Waals surface area contributed by atoms with E-state index in [1.165, 1.54) is 7.11 Å². The topological polar surface area (TPSA) is 61.4 Å². The quantitative estimate of drug-likeness (QED) is 0.411. The molecule has 5 nitrogen and oxygen atoms in total. The van der Waals surface area contributed by atoms with Crippen molar-refractivity contribution in [2.45, 2.75) is 13.5 Å². The second-order valence-corrected chi connectivity index (χ2v) is 5.93. The zero-order valence-electron chi connectivity index (χ0n) is 14.5. The number of carbonyl (C=O) groups excluding carboxylic acids is 1. The van der Waals surface area contributed by atoms with Crippen LogP contribution in [0, 0.1) is 0 Å². The number of nitrogens with zero attached hydrogens (tertiary/aromatic N) is 1. The Balaban J connectivity index is 2.30. The van der Waals surface area contributed by atoms with Crippen LogP contribution in [-0.4, -0.2) is 17.6 Å². The highest BCUT2D eigenvalue weighted by Crippen LogP contribution is 2.36. The third-order valence-electron chi connectivity index (χ3n) is 4.57. The predicted molar refractivity (Wildman–Crippen MR) is 100 cm³/mol. The first-order chi connectivity index (χ1) is 12.7. The zero-order chi connectivity index (χ0) is 18.3. The van der Waals surface area contributed by atoms with Gasteiger partial charge in [0.15, 0.2) is 0 Å². The zero-order valence-corrected chi connectivity index (χ0v) is 14.5. The van der Waals surface area contributed by atoms with Gasteiger partial charge in [0.1, 0.15) is 11.3 Å². The van der Waals surface area contributed by atoms with Crippen molar-refractivity contribution >= 4 is 27.8 Å². The van der Waals surface area contributed by atoms with Gasteiger partial charge in [-0.25, -0.2) is 9.59 Å². The summed E-state index contributed by atoms with van der Waals surface area (Å²) in [6, 6.07) is 16.7. The fourth-order valence-electron chi connectivity index (χ4n) is 3.51. The van der Waals surface area contributed by atoms with Crippen LogP contribution in [0.5, 0.6) is 0 Å². The first kappa shape index (κ1) is 16.1. The van der Waals surface area contributed by atoms with Crippen LogP contribution in [0.1, 0.15) is 17.4 Å². The molecule has 0 unspecified atom stereocenters. The number of fused-ring (bicyclic) bond motifs is 3. The Labute approximate surface area is 149 Å². The van der Waals surface area contributed by atoms with Gasteiger partial charge in [-0.05, 0) is 24.6 Å². The Morgan fingerprint density at radius 1 is 1.08 bits per heavy atom. The molecule has 4 rings (SSSR count). The van der Waals surface area contributed by atoms with Gasteiger partial charge in [-0.3, -0.25) is 0 Å². The molecule has 0 aliphatic rings. The van der Waals surface area contributed by atoms with Crippen molar-refractivity contribution in [2.24, 2.45) is 0 Å². The maximum absolute atomic E-state index is 12.8. The van der Waals surface area contributed by atoms with E-state index in [1.54, 1.807) is 6.07 Å². The molecule has 2 aromatic heterocycles. The maximum atomic E-state index is 12.8. The standard InChI is InChI=1S/C21H17NO4/c1-3-22-18-14-11-7-8-12-15(14)26-20(23)17(18)16(19(22)21(24)25-2)13-9-5-4-6-10-13/h4-12H,3H2,1-2H3. The third-order valence-corrected chi connectivity index (χ3v) is 4.57.